The molecule has 0 aliphatic heterocycles. The molecule has 0 bridgehead atoms. The van der Waals surface area contributed by atoms with Gasteiger partial charge < -0.3 is 15.0 Å². The van der Waals surface area contributed by atoms with Crippen LogP contribution in [-0.2, 0) is 9.53 Å². The molecule has 1 atom stereocenters. The van der Waals surface area contributed by atoms with Gasteiger partial charge in [0.15, 0.2) is 5.78 Å². The zero-order valence-electron chi connectivity index (χ0n) is 13.1. The highest BCUT2D eigenvalue weighted by Crippen LogP contribution is 2.18. The van der Waals surface area contributed by atoms with Gasteiger partial charge in [0.05, 0.1) is 13.2 Å². The van der Waals surface area contributed by atoms with Gasteiger partial charge in [-0.1, -0.05) is 34.6 Å². The van der Waals surface area contributed by atoms with Crippen LogP contribution < -0.4 is 5.32 Å². The van der Waals surface area contributed by atoms with Gasteiger partial charge in [-0.3, -0.25) is 4.79 Å². The minimum absolute atomic E-state index is 0.0325. The number of hydrogen-bond acceptors (Lipinski definition) is 4. The topological polar surface area (TPSA) is 58.6 Å². The number of methoxy groups -OCH3 is 1. The van der Waals surface area contributed by atoms with E-state index in [1.807, 2.05) is 20.8 Å². The molecule has 112 valence electrons. The lowest BCUT2D eigenvalue weighted by atomic mass is 9.85. The minimum atomic E-state index is -0.554. The zero-order valence-corrected chi connectivity index (χ0v) is 13.1. The maximum atomic E-state index is 12.3. The second-order valence-corrected chi connectivity index (χ2v) is 5.62. The Morgan fingerprint density at radius 1 is 1.21 bits per heavy atom. The lowest BCUT2D eigenvalue weighted by molar-refractivity contribution is -0.128. The number of ketones is 1. The van der Waals surface area contributed by atoms with Gasteiger partial charge in [0.1, 0.15) is 0 Å². The molecule has 0 aromatic heterocycles. The molecule has 0 aromatic carbocycles. The van der Waals surface area contributed by atoms with Crippen molar-refractivity contribution in [2.24, 2.45) is 5.41 Å². The Bertz CT molecular complexity index is 294. The number of hydrogen-bond donors (Lipinski definition) is 1. The van der Waals surface area contributed by atoms with Crippen molar-refractivity contribution in [3.8, 4) is 0 Å². The van der Waals surface area contributed by atoms with Crippen molar-refractivity contribution in [2.45, 2.75) is 47.1 Å². The SMILES string of the molecule is CCN(CC)CC[C@@H](NC(=O)OC)C(=O)C(C)(C)C. The summed E-state index contributed by atoms with van der Waals surface area (Å²) in [6.45, 7) is 12.4. The van der Waals surface area contributed by atoms with Crippen LogP contribution in [0.25, 0.3) is 0 Å². The number of amides is 1. The Morgan fingerprint density at radius 3 is 2.11 bits per heavy atom. The Morgan fingerprint density at radius 2 is 1.74 bits per heavy atom. The predicted molar refractivity (Wildman–Crippen MR) is 76.2 cm³/mol. The Kier molecular flexibility index (Phi) is 7.68. The van der Waals surface area contributed by atoms with Crippen LogP contribution in [-0.4, -0.2) is 49.6 Å². The molecule has 0 radical (unpaired) electrons. The summed E-state index contributed by atoms with van der Waals surface area (Å²) in [6, 6.07) is -0.493. The van der Waals surface area contributed by atoms with E-state index in [2.05, 4.69) is 28.8 Å². The van der Waals surface area contributed by atoms with E-state index in [0.717, 1.165) is 19.6 Å². The van der Waals surface area contributed by atoms with Crippen molar-refractivity contribution in [1.82, 2.24) is 10.2 Å². The van der Waals surface area contributed by atoms with Gasteiger partial charge in [0.25, 0.3) is 0 Å². The van der Waals surface area contributed by atoms with E-state index in [-0.39, 0.29) is 5.78 Å². The molecule has 0 unspecified atom stereocenters. The summed E-state index contributed by atoms with van der Waals surface area (Å²) in [4.78, 5) is 25.9. The molecule has 5 heteroatoms. The molecule has 0 aromatic rings. The van der Waals surface area contributed by atoms with Gasteiger partial charge >= 0.3 is 6.09 Å². The Hall–Kier alpha value is -1.10. The van der Waals surface area contributed by atoms with Crippen molar-refractivity contribution in [2.75, 3.05) is 26.7 Å². The van der Waals surface area contributed by atoms with Gasteiger partial charge in [-0.2, -0.15) is 0 Å². The maximum Gasteiger partial charge on any atom is 0.407 e. The molecule has 1 N–H and O–H groups in total. The van der Waals surface area contributed by atoms with E-state index in [1.165, 1.54) is 7.11 Å². The molecule has 1 amide bonds. The number of alkyl carbamates (subject to hydrolysis) is 1. The summed E-state index contributed by atoms with van der Waals surface area (Å²) in [5.41, 5.74) is -0.477. The number of rotatable bonds is 7. The van der Waals surface area contributed by atoms with Gasteiger partial charge in [0, 0.05) is 12.0 Å². The normalized spacial score (nSPS) is 13.2. The van der Waals surface area contributed by atoms with Crippen molar-refractivity contribution >= 4 is 11.9 Å². The van der Waals surface area contributed by atoms with Gasteiger partial charge in [0.2, 0.25) is 0 Å². The summed E-state index contributed by atoms with van der Waals surface area (Å²) in [7, 11) is 1.30. The first kappa shape index (κ1) is 17.9. The smallest absolute Gasteiger partial charge is 0.407 e. The third-order valence-corrected chi connectivity index (χ3v) is 3.16. The highest BCUT2D eigenvalue weighted by Gasteiger charge is 2.30. The van der Waals surface area contributed by atoms with Crippen molar-refractivity contribution in [3.05, 3.63) is 0 Å². The van der Waals surface area contributed by atoms with E-state index in [9.17, 15) is 9.59 Å². The van der Waals surface area contributed by atoms with Crippen molar-refractivity contribution in [3.63, 3.8) is 0 Å². The molecule has 0 saturated heterocycles. The first-order valence-electron chi connectivity index (χ1n) is 6.87. The average Bonchev–Trinajstić information content (AvgIpc) is 2.36. The molecule has 0 heterocycles. The van der Waals surface area contributed by atoms with E-state index < -0.39 is 17.6 Å². The van der Waals surface area contributed by atoms with E-state index in [0.29, 0.717) is 6.42 Å². The highest BCUT2D eigenvalue weighted by atomic mass is 16.5. The molecule has 0 spiro atoms. The van der Waals surface area contributed by atoms with Crippen molar-refractivity contribution < 1.29 is 14.3 Å². The fraction of sp³-hybridized carbons (Fsp3) is 0.857. The molecule has 0 rings (SSSR count). The molecule has 0 saturated carbocycles. The minimum Gasteiger partial charge on any atom is -0.453 e. The second kappa shape index (κ2) is 8.15. The number of carbonyl (C=O) groups is 2. The van der Waals surface area contributed by atoms with E-state index in [1.54, 1.807) is 0 Å². The predicted octanol–water partition coefficient (Wildman–Crippen LogP) is 2.06. The van der Waals surface area contributed by atoms with Crippen LogP contribution in [0.15, 0.2) is 0 Å². The summed E-state index contributed by atoms with van der Waals surface area (Å²) >= 11 is 0. The first-order chi connectivity index (χ1) is 8.76. The lowest BCUT2D eigenvalue weighted by Gasteiger charge is -2.27. The molecular weight excluding hydrogens is 244 g/mol. The summed E-state index contributed by atoms with van der Waals surface area (Å²) in [5.74, 6) is 0.0325. The lowest BCUT2D eigenvalue weighted by Crippen LogP contribution is -2.47. The van der Waals surface area contributed by atoms with Crippen LogP contribution in [0.5, 0.6) is 0 Å². The summed E-state index contributed by atoms with van der Waals surface area (Å²) in [5, 5.41) is 2.64. The zero-order chi connectivity index (χ0) is 15.1. The van der Waals surface area contributed by atoms with Crippen LogP contribution >= 0.6 is 0 Å². The molecule has 5 nitrogen and oxygen atoms in total. The quantitative estimate of drug-likeness (QED) is 0.770. The van der Waals surface area contributed by atoms with Gasteiger partial charge in [-0.05, 0) is 19.5 Å². The molecule has 19 heavy (non-hydrogen) atoms. The summed E-state index contributed by atoms with van der Waals surface area (Å²) < 4.78 is 4.59. The fourth-order valence-electron chi connectivity index (χ4n) is 1.84. The average molecular weight is 272 g/mol. The monoisotopic (exact) mass is 272 g/mol. The van der Waals surface area contributed by atoms with Crippen molar-refractivity contribution in [1.29, 1.82) is 0 Å². The number of nitrogens with one attached hydrogen (secondary N) is 1. The highest BCUT2D eigenvalue weighted by molar-refractivity contribution is 5.91. The van der Waals surface area contributed by atoms with Crippen LogP contribution in [0.2, 0.25) is 0 Å². The number of ether oxygens (including phenoxy) is 1. The van der Waals surface area contributed by atoms with Crippen LogP contribution in [0, 0.1) is 5.41 Å². The summed E-state index contributed by atoms with van der Waals surface area (Å²) in [6.07, 6.45) is 0.0505. The fourth-order valence-corrected chi connectivity index (χ4v) is 1.84. The van der Waals surface area contributed by atoms with Crippen LogP contribution in [0.4, 0.5) is 4.79 Å². The largest absolute Gasteiger partial charge is 0.453 e. The third-order valence-electron chi connectivity index (χ3n) is 3.16. The van der Waals surface area contributed by atoms with Crippen LogP contribution in [0.3, 0.4) is 0 Å². The van der Waals surface area contributed by atoms with Gasteiger partial charge in [-0.15, -0.1) is 0 Å². The number of carbonyl (C=O) groups excluding carboxylic acids is 2. The molecular formula is C14H28N2O3. The number of Topliss-reactive ketones (excluding diaryl/α,β-unsaturated/α-hetero) is 1. The third kappa shape index (κ3) is 6.57. The first-order valence-corrected chi connectivity index (χ1v) is 6.87. The van der Waals surface area contributed by atoms with E-state index >= 15 is 0 Å². The molecule has 0 aliphatic carbocycles. The Labute approximate surface area is 116 Å². The molecule has 0 aliphatic rings. The Balaban J connectivity index is 4.68. The maximum absolute atomic E-state index is 12.3. The van der Waals surface area contributed by atoms with Gasteiger partial charge in [-0.25, -0.2) is 4.79 Å². The van der Waals surface area contributed by atoms with Crippen LogP contribution in [0.1, 0.15) is 41.0 Å². The number of nitrogens with zero attached hydrogens (tertiary/aromatic N) is 1. The standard InChI is InChI=1S/C14H28N2O3/c1-7-16(8-2)10-9-11(15-13(18)19-6)12(17)14(3,4)5/h11H,7-10H2,1-6H3,(H,15,18)/t11-/m1/s1. The van der Waals surface area contributed by atoms with E-state index in [4.69, 9.17) is 0 Å². The molecule has 0 fully saturated rings. The second-order valence-electron chi connectivity index (χ2n) is 5.62.